The number of nitrogens with zero attached hydrogens (tertiary/aromatic N) is 2. The summed E-state index contributed by atoms with van der Waals surface area (Å²) in [4.78, 5) is 12.0. The SMILES string of the molecule is CCCn1ncc(NC(C)c2ccco2)c(Br)c1=O. The summed E-state index contributed by atoms with van der Waals surface area (Å²) in [6, 6.07) is 3.69. The second-order valence-corrected chi connectivity index (χ2v) is 5.07. The molecule has 0 saturated carbocycles. The van der Waals surface area contributed by atoms with Crippen LogP contribution in [0.25, 0.3) is 0 Å². The third-order valence-corrected chi connectivity index (χ3v) is 3.53. The molecule has 0 aromatic carbocycles. The molecule has 1 unspecified atom stereocenters. The molecule has 0 saturated heterocycles. The summed E-state index contributed by atoms with van der Waals surface area (Å²) in [5.74, 6) is 0.810. The smallest absolute Gasteiger partial charge is 0.283 e. The van der Waals surface area contributed by atoms with Gasteiger partial charge in [0, 0.05) is 6.54 Å². The summed E-state index contributed by atoms with van der Waals surface area (Å²) in [5, 5.41) is 7.35. The van der Waals surface area contributed by atoms with Gasteiger partial charge in [-0.2, -0.15) is 5.10 Å². The van der Waals surface area contributed by atoms with E-state index in [2.05, 4.69) is 26.3 Å². The number of furan rings is 1. The van der Waals surface area contributed by atoms with E-state index < -0.39 is 0 Å². The van der Waals surface area contributed by atoms with Gasteiger partial charge in [-0.15, -0.1) is 0 Å². The number of aryl methyl sites for hydroxylation is 1. The van der Waals surface area contributed by atoms with Crippen LogP contribution in [0.3, 0.4) is 0 Å². The zero-order valence-electron chi connectivity index (χ0n) is 10.9. The van der Waals surface area contributed by atoms with Crippen molar-refractivity contribution in [3.05, 3.63) is 45.2 Å². The van der Waals surface area contributed by atoms with E-state index in [-0.39, 0.29) is 11.6 Å². The molecule has 1 atom stereocenters. The first-order valence-electron chi connectivity index (χ1n) is 6.19. The molecule has 2 rings (SSSR count). The molecular weight excluding hydrogens is 310 g/mol. The molecule has 0 bridgehead atoms. The molecular formula is C13H16BrN3O2. The van der Waals surface area contributed by atoms with Crippen LogP contribution in [0.2, 0.25) is 0 Å². The molecule has 2 aromatic heterocycles. The number of aromatic nitrogens is 2. The monoisotopic (exact) mass is 325 g/mol. The third kappa shape index (κ3) is 3.07. The predicted octanol–water partition coefficient (Wildman–Crippen LogP) is 3.18. The lowest BCUT2D eigenvalue weighted by molar-refractivity contribution is 0.490. The molecule has 19 heavy (non-hydrogen) atoms. The van der Waals surface area contributed by atoms with Gasteiger partial charge < -0.3 is 9.73 Å². The number of hydrogen-bond acceptors (Lipinski definition) is 4. The minimum absolute atomic E-state index is 0.0328. The second kappa shape index (κ2) is 6.06. The van der Waals surface area contributed by atoms with Gasteiger partial charge in [0.1, 0.15) is 10.2 Å². The Kier molecular flexibility index (Phi) is 4.42. The van der Waals surface area contributed by atoms with Crippen LogP contribution in [-0.2, 0) is 6.54 Å². The predicted molar refractivity (Wildman–Crippen MR) is 77.2 cm³/mol. The van der Waals surface area contributed by atoms with E-state index in [1.54, 1.807) is 12.5 Å². The van der Waals surface area contributed by atoms with E-state index in [0.29, 0.717) is 16.7 Å². The van der Waals surface area contributed by atoms with Crippen molar-refractivity contribution in [2.45, 2.75) is 32.9 Å². The Morgan fingerprint density at radius 3 is 3.00 bits per heavy atom. The van der Waals surface area contributed by atoms with Crippen LogP contribution in [0.1, 0.15) is 32.1 Å². The fourth-order valence-corrected chi connectivity index (χ4v) is 2.20. The normalized spacial score (nSPS) is 12.4. The summed E-state index contributed by atoms with van der Waals surface area (Å²) in [6.07, 6.45) is 4.15. The van der Waals surface area contributed by atoms with Gasteiger partial charge >= 0.3 is 0 Å². The largest absolute Gasteiger partial charge is 0.467 e. The molecule has 6 heteroatoms. The van der Waals surface area contributed by atoms with Gasteiger partial charge in [0.2, 0.25) is 0 Å². The number of anilines is 1. The lowest BCUT2D eigenvalue weighted by Crippen LogP contribution is -2.24. The first-order chi connectivity index (χ1) is 9.13. The van der Waals surface area contributed by atoms with Crippen LogP contribution in [-0.4, -0.2) is 9.78 Å². The Morgan fingerprint density at radius 2 is 2.37 bits per heavy atom. The summed E-state index contributed by atoms with van der Waals surface area (Å²) in [6.45, 7) is 4.58. The summed E-state index contributed by atoms with van der Waals surface area (Å²) >= 11 is 3.33. The van der Waals surface area contributed by atoms with Crippen molar-refractivity contribution in [2.24, 2.45) is 0 Å². The molecule has 1 N–H and O–H groups in total. The van der Waals surface area contributed by atoms with Crippen molar-refractivity contribution < 1.29 is 4.42 Å². The number of nitrogens with one attached hydrogen (secondary N) is 1. The lowest BCUT2D eigenvalue weighted by atomic mass is 10.2. The van der Waals surface area contributed by atoms with E-state index >= 15 is 0 Å². The molecule has 0 spiro atoms. The Labute approximate surface area is 119 Å². The fourth-order valence-electron chi connectivity index (χ4n) is 1.78. The summed E-state index contributed by atoms with van der Waals surface area (Å²) in [7, 11) is 0. The zero-order valence-corrected chi connectivity index (χ0v) is 12.5. The third-order valence-electron chi connectivity index (χ3n) is 2.76. The molecule has 0 amide bonds. The first kappa shape index (κ1) is 13.9. The van der Waals surface area contributed by atoms with Crippen LogP contribution < -0.4 is 10.9 Å². The van der Waals surface area contributed by atoms with Crippen LogP contribution in [0.15, 0.2) is 38.3 Å². The van der Waals surface area contributed by atoms with Crippen molar-refractivity contribution in [2.75, 3.05) is 5.32 Å². The van der Waals surface area contributed by atoms with Crippen molar-refractivity contribution >= 4 is 21.6 Å². The first-order valence-corrected chi connectivity index (χ1v) is 6.98. The standard InChI is InChI=1S/C13H16BrN3O2/c1-3-6-17-13(18)12(14)10(8-15-17)16-9(2)11-5-4-7-19-11/h4-5,7-9,16H,3,6H2,1-2H3. The van der Waals surface area contributed by atoms with E-state index in [0.717, 1.165) is 12.2 Å². The Bertz CT molecular complexity index is 592. The summed E-state index contributed by atoms with van der Waals surface area (Å²) in [5.41, 5.74) is 0.541. The highest BCUT2D eigenvalue weighted by atomic mass is 79.9. The Balaban J connectivity index is 2.22. The van der Waals surface area contributed by atoms with Crippen LogP contribution >= 0.6 is 15.9 Å². The van der Waals surface area contributed by atoms with E-state index in [1.165, 1.54) is 4.68 Å². The van der Waals surface area contributed by atoms with Crippen molar-refractivity contribution in [1.82, 2.24) is 9.78 Å². The minimum Gasteiger partial charge on any atom is -0.467 e. The molecule has 5 nitrogen and oxygen atoms in total. The summed E-state index contributed by atoms with van der Waals surface area (Å²) < 4.78 is 7.26. The molecule has 2 aromatic rings. The average molecular weight is 326 g/mol. The minimum atomic E-state index is -0.126. The maximum absolute atomic E-state index is 12.0. The molecule has 0 aliphatic carbocycles. The lowest BCUT2D eigenvalue weighted by Gasteiger charge is -2.14. The number of halogens is 1. The maximum Gasteiger partial charge on any atom is 0.283 e. The van der Waals surface area contributed by atoms with Gasteiger partial charge in [-0.05, 0) is 41.4 Å². The van der Waals surface area contributed by atoms with Gasteiger partial charge in [-0.25, -0.2) is 4.68 Å². The van der Waals surface area contributed by atoms with Crippen LogP contribution in [0.5, 0.6) is 0 Å². The van der Waals surface area contributed by atoms with Crippen molar-refractivity contribution in [1.29, 1.82) is 0 Å². The zero-order chi connectivity index (χ0) is 13.8. The highest BCUT2D eigenvalue weighted by molar-refractivity contribution is 9.10. The van der Waals surface area contributed by atoms with Crippen LogP contribution in [0.4, 0.5) is 5.69 Å². The maximum atomic E-state index is 12.0. The second-order valence-electron chi connectivity index (χ2n) is 4.28. The molecule has 0 fully saturated rings. The number of rotatable bonds is 5. The van der Waals surface area contributed by atoms with Gasteiger partial charge in [0.15, 0.2) is 0 Å². The highest BCUT2D eigenvalue weighted by Gasteiger charge is 2.13. The average Bonchev–Trinajstić information content (AvgIpc) is 2.92. The molecule has 0 aliphatic rings. The molecule has 102 valence electrons. The van der Waals surface area contributed by atoms with E-state index in [4.69, 9.17) is 4.42 Å². The molecule has 0 aliphatic heterocycles. The molecule has 0 radical (unpaired) electrons. The quantitative estimate of drug-likeness (QED) is 0.917. The Hall–Kier alpha value is -1.56. The van der Waals surface area contributed by atoms with Gasteiger partial charge in [0.05, 0.1) is 24.2 Å². The molecule has 2 heterocycles. The van der Waals surface area contributed by atoms with Crippen LogP contribution in [0, 0.1) is 0 Å². The Morgan fingerprint density at radius 1 is 1.58 bits per heavy atom. The fraction of sp³-hybridized carbons (Fsp3) is 0.385. The topological polar surface area (TPSA) is 60.1 Å². The van der Waals surface area contributed by atoms with Gasteiger partial charge in [-0.3, -0.25) is 4.79 Å². The number of hydrogen-bond donors (Lipinski definition) is 1. The van der Waals surface area contributed by atoms with Gasteiger partial charge in [-0.1, -0.05) is 6.92 Å². The van der Waals surface area contributed by atoms with E-state index in [9.17, 15) is 4.79 Å². The van der Waals surface area contributed by atoms with Gasteiger partial charge in [0.25, 0.3) is 5.56 Å². The van der Waals surface area contributed by atoms with Crippen molar-refractivity contribution in [3.8, 4) is 0 Å². The van der Waals surface area contributed by atoms with E-state index in [1.807, 2.05) is 26.0 Å². The van der Waals surface area contributed by atoms with Crippen molar-refractivity contribution in [3.63, 3.8) is 0 Å². The highest BCUT2D eigenvalue weighted by Crippen LogP contribution is 2.23.